The number of cyclic esters (lactones) is 1. The number of aliphatic hydroxyl groups excluding tert-OH is 1. The third kappa shape index (κ3) is 2.69. The average Bonchev–Trinajstić information content (AvgIpc) is 2.03. The van der Waals surface area contributed by atoms with E-state index in [0.717, 1.165) is 19.3 Å². The third-order valence-electron chi connectivity index (χ3n) is 2.46. The Bertz CT molecular complexity index is 177. The Morgan fingerprint density at radius 3 is 2.77 bits per heavy atom. The minimum absolute atomic E-state index is 0.0287. The second-order valence-electron chi connectivity index (χ2n) is 3.81. The maximum Gasteiger partial charge on any atom is 0.313 e. The normalized spacial score (nSPS) is 29.3. The maximum atomic E-state index is 11.0. The van der Waals surface area contributed by atoms with Crippen LogP contribution in [0.2, 0.25) is 0 Å². The number of aliphatic hydroxyl groups is 1. The Hall–Kier alpha value is -0.570. The summed E-state index contributed by atoms with van der Waals surface area (Å²) < 4.78 is 4.96. The van der Waals surface area contributed by atoms with Crippen LogP contribution in [0.1, 0.15) is 39.5 Å². The van der Waals surface area contributed by atoms with Crippen LogP contribution >= 0.6 is 0 Å². The second kappa shape index (κ2) is 4.61. The van der Waals surface area contributed by atoms with E-state index < -0.39 is 0 Å². The second-order valence-corrected chi connectivity index (χ2v) is 3.81. The number of carbonyl (C=O) groups excluding carboxylic acids is 1. The minimum Gasteiger partial charge on any atom is -0.461 e. The van der Waals surface area contributed by atoms with Gasteiger partial charge in [0.25, 0.3) is 0 Å². The molecule has 0 bridgehead atoms. The summed E-state index contributed by atoms with van der Waals surface area (Å²) in [4.78, 5) is 11.0. The zero-order valence-electron chi connectivity index (χ0n) is 8.32. The quantitative estimate of drug-likeness (QED) is 0.662. The first-order valence-electron chi connectivity index (χ1n) is 5.03. The van der Waals surface area contributed by atoms with E-state index in [1.165, 1.54) is 0 Å². The predicted molar refractivity (Wildman–Crippen MR) is 49.2 cm³/mol. The summed E-state index contributed by atoms with van der Waals surface area (Å²) >= 11 is 0. The van der Waals surface area contributed by atoms with Gasteiger partial charge in [-0.25, -0.2) is 0 Å². The van der Waals surface area contributed by atoms with E-state index in [1.807, 2.05) is 0 Å². The number of rotatable bonds is 5. The van der Waals surface area contributed by atoms with E-state index >= 15 is 0 Å². The van der Waals surface area contributed by atoms with Crippen molar-refractivity contribution in [3.63, 3.8) is 0 Å². The van der Waals surface area contributed by atoms with Crippen LogP contribution in [0.4, 0.5) is 0 Å². The molecule has 0 aromatic heterocycles. The Labute approximate surface area is 79.1 Å². The molecule has 0 aromatic carbocycles. The van der Waals surface area contributed by atoms with Gasteiger partial charge in [0.05, 0.1) is 12.0 Å². The van der Waals surface area contributed by atoms with Crippen molar-refractivity contribution in [1.82, 2.24) is 0 Å². The lowest BCUT2D eigenvalue weighted by Crippen LogP contribution is -2.46. The van der Waals surface area contributed by atoms with Crippen molar-refractivity contribution in [2.75, 3.05) is 0 Å². The van der Waals surface area contributed by atoms with Crippen LogP contribution < -0.4 is 0 Å². The molecule has 1 rings (SSSR count). The fourth-order valence-electron chi connectivity index (χ4n) is 1.67. The maximum absolute atomic E-state index is 11.0. The van der Waals surface area contributed by atoms with Crippen molar-refractivity contribution < 1.29 is 14.6 Å². The Balaban J connectivity index is 2.28. The predicted octanol–water partition coefficient (Wildman–Crippen LogP) is 1.49. The van der Waals surface area contributed by atoms with E-state index in [4.69, 9.17) is 9.84 Å². The van der Waals surface area contributed by atoms with E-state index in [2.05, 4.69) is 6.92 Å². The fourth-order valence-corrected chi connectivity index (χ4v) is 1.67. The number of hydrogen-bond acceptors (Lipinski definition) is 3. The van der Waals surface area contributed by atoms with Crippen LogP contribution in [0.5, 0.6) is 0 Å². The van der Waals surface area contributed by atoms with Crippen LogP contribution in [-0.2, 0) is 9.53 Å². The molecule has 0 radical (unpaired) electrons. The van der Waals surface area contributed by atoms with Gasteiger partial charge < -0.3 is 9.84 Å². The molecular weight excluding hydrogens is 168 g/mol. The van der Waals surface area contributed by atoms with E-state index in [0.29, 0.717) is 6.42 Å². The van der Waals surface area contributed by atoms with Crippen LogP contribution in [0.3, 0.4) is 0 Å². The standard InChI is InChI=1S/C10H18O3/c1-3-4-5-8-9(6-7(2)11)13-10(8)12/h7-9,11H,3-6H2,1-2H3/t7?,8?,9-/m0/s1. The molecule has 0 aromatic rings. The molecule has 0 spiro atoms. The number of ether oxygens (including phenoxy) is 1. The molecule has 1 N–H and O–H groups in total. The molecule has 3 atom stereocenters. The first-order valence-corrected chi connectivity index (χ1v) is 5.03. The highest BCUT2D eigenvalue weighted by Crippen LogP contribution is 2.30. The van der Waals surface area contributed by atoms with E-state index in [9.17, 15) is 4.79 Å². The molecule has 1 fully saturated rings. The smallest absolute Gasteiger partial charge is 0.313 e. The SMILES string of the molecule is CCCCC1C(=O)O[C@H]1CC(C)O. The highest BCUT2D eigenvalue weighted by Gasteiger charge is 2.41. The molecular formula is C10H18O3. The van der Waals surface area contributed by atoms with Crippen LogP contribution in [0.15, 0.2) is 0 Å². The topological polar surface area (TPSA) is 46.5 Å². The summed E-state index contributed by atoms with van der Waals surface area (Å²) in [5.74, 6) is -0.0337. The Morgan fingerprint density at radius 2 is 2.31 bits per heavy atom. The van der Waals surface area contributed by atoms with Gasteiger partial charge >= 0.3 is 5.97 Å². The van der Waals surface area contributed by atoms with Crippen molar-refractivity contribution >= 4 is 5.97 Å². The molecule has 0 saturated carbocycles. The number of carbonyl (C=O) groups is 1. The number of esters is 1. The van der Waals surface area contributed by atoms with Crippen LogP contribution in [-0.4, -0.2) is 23.3 Å². The summed E-state index contributed by atoms with van der Waals surface area (Å²) in [7, 11) is 0. The highest BCUT2D eigenvalue weighted by atomic mass is 16.6. The average molecular weight is 186 g/mol. The molecule has 3 heteroatoms. The van der Waals surface area contributed by atoms with Gasteiger partial charge in [0.15, 0.2) is 0 Å². The molecule has 2 unspecified atom stereocenters. The Kier molecular flexibility index (Phi) is 3.72. The van der Waals surface area contributed by atoms with Crippen LogP contribution in [0, 0.1) is 5.92 Å². The van der Waals surface area contributed by atoms with Crippen molar-refractivity contribution in [1.29, 1.82) is 0 Å². The molecule has 1 saturated heterocycles. The van der Waals surface area contributed by atoms with Crippen molar-refractivity contribution in [2.45, 2.75) is 51.7 Å². The van der Waals surface area contributed by atoms with Gasteiger partial charge in [-0.2, -0.15) is 0 Å². The lowest BCUT2D eigenvalue weighted by molar-refractivity contribution is -0.188. The van der Waals surface area contributed by atoms with Crippen molar-refractivity contribution in [2.24, 2.45) is 5.92 Å². The summed E-state index contributed by atoms with van der Waals surface area (Å²) in [5.41, 5.74) is 0. The van der Waals surface area contributed by atoms with Gasteiger partial charge in [-0.3, -0.25) is 4.79 Å². The largest absolute Gasteiger partial charge is 0.461 e. The Morgan fingerprint density at radius 1 is 1.62 bits per heavy atom. The van der Waals surface area contributed by atoms with Gasteiger partial charge in [-0.15, -0.1) is 0 Å². The minimum atomic E-state index is -0.373. The number of hydrogen-bond donors (Lipinski definition) is 1. The molecule has 13 heavy (non-hydrogen) atoms. The van der Waals surface area contributed by atoms with Gasteiger partial charge in [0.1, 0.15) is 6.10 Å². The fraction of sp³-hybridized carbons (Fsp3) is 0.900. The summed E-state index contributed by atoms with van der Waals surface area (Å²) in [6.07, 6.45) is 3.26. The molecule has 1 heterocycles. The van der Waals surface area contributed by atoms with Gasteiger partial charge in [0.2, 0.25) is 0 Å². The van der Waals surface area contributed by atoms with Gasteiger partial charge in [-0.05, 0) is 13.3 Å². The summed E-state index contributed by atoms with van der Waals surface area (Å²) in [5, 5.41) is 9.13. The monoisotopic (exact) mass is 186 g/mol. The molecule has 3 nitrogen and oxygen atoms in total. The van der Waals surface area contributed by atoms with Crippen molar-refractivity contribution in [3.8, 4) is 0 Å². The zero-order chi connectivity index (χ0) is 9.84. The first-order chi connectivity index (χ1) is 6.15. The van der Waals surface area contributed by atoms with Gasteiger partial charge in [0, 0.05) is 6.42 Å². The molecule has 1 aliphatic heterocycles. The lowest BCUT2D eigenvalue weighted by atomic mass is 9.88. The lowest BCUT2D eigenvalue weighted by Gasteiger charge is -2.35. The molecule has 76 valence electrons. The van der Waals surface area contributed by atoms with E-state index in [1.54, 1.807) is 6.92 Å². The number of unbranched alkanes of at least 4 members (excludes halogenated alkanes) is 1. The summed E-state index contributed by atoms with van der Waals surface area (Å²) in [6.45, 7) is 3.83. The zero-order valence-corrected chi connectivity index (χ0v) is 8.32. The third-order valence-corrected chi connectivity index (χ3v) is 2.46. The van der Waals surface area contributed by atoms with Crippen molar-refractivity contribution in [3.05, 3.63) is 0 Å². The molecule has 0 aliphatic carbocycles. The molecule has 1 aliphatic rings. The highest BCUT2D eigenvalue weighted by molar-refractivity contribution is 5.78. The van der Waals surface area contributed by atoms with Gasteiger partial charge in [-0.1, -0.05) is 19.8 Å². The molecule has 0 amide bonds. The van der Waals surface area contributed by atoms with E-state index in [-0.39, 0.29) is 24.1 Å². The summed E-state index contributed by atoms with van der Waals surface area (Å²) in [6, 6.07) is 0. The first kappa shape index (κ1) is 10.5. The van der Waals surface area contributed by atoms with Crippen LogP contribution in [0.25, 0.3) is 0 Å².